The number of pyridine rings is 1. The fourth-order valence-electron chi connectivity index (χ4n) is 1.45. The number of nitrogen functional groups attached to an aromatic ring is 1. The van der Waals surface area contributed by atoms with Crippen molar-refractivity contribution in [1.82, 2.24) is 4.98 Å². The summed E-state index contributed by atoms with van der Waals surface area (Å²) in [5, 5.41) is 0. The van der Waals surface area contributed by atoms with Crippen molar-refractivity contribution in [3.63, 3.8) is 0 Å². The van der Waals surface area contributed by atoms with Crippen LogP contribution in [0.3, 0.4) is 0 Å². The van der Waals surface area contributed by atoms with E-state index in [4.69, 9.17) is 10.5 Å². The second-order valence-corrected chi connectivity index (χ2v) is 5.06. The molecule has 0 fully saturated rings. The van der Waals surface area contributed by atoms with Crippen LogP contribution >= 0.6 is 31.9 Å². The van der Waals surface area contributed by atoms with Crippen molar-refractivity contribution in [2.45, 2.75) is 0 Å². The van der Waals surface area contributed by atoms with Gasteiger partial charge in [-0.2, -0.15) is 0 Å². The zero-order valence-corrected chi connectivity index (χ0v) is 12.2. The summed E-state index contributed by atoms with van der Waals surface area (Å²) >= 11 is 6.79. The van der Waals surface area contributed by atoms with E-state index in [1.54, 1.807) is 13.3 Å². The highest BCUT2D eigenvalue weighted by Crippen LogP contribution is 2.35. The lowest BCUT2D eigenvalue weighted by atomic mass is 10.1. The second kappa shape index (κ2) is 5.06. The van der Waals surface area contributed by atoms with Gasteiger partial charge in [-0.3, -0.25) is 4.98 Å². The molecule has 5 heteroatoms. The quantitative estimate of drug-likeness (QED) is 0.887. The smallest absolute Gasteiger partial charge is 0.119 e. The maximum atomic E-state index is 5.93. The number of nitrogens with two attached hydrogens (primary N) is 1. The Labute approximate surface area is 116 Å². The molecule has 1 aromatic carbocycles. The summed E-state index contributed by atoms with van der Waals surface area (Å²) in [6.07, 6.45) is 1.69. The lowest BCUT2D eigenvalue weighted by molar-refractivity contribution is 0.415. The van der Waals surface area contributed by atoms with Gasteiger partial charge in [-0.25, -0.2) is 0 Å². The number of anilines is 1. The van der Waals surface area contributed by atoms with Crippen molar-refractivity contribution < 1.29 is 4.74 Å². The molecule has 0 unspecified atom stereocenters. The predicted molar refractivity (Wildman–Crippen MR) is 76.0 cm³/mol. The van der Waals surface area contributed by atoms with E-state index in [9.17, 15) is 0 Å². The normalized spacial score (nSPS) is 10.3. The van der Waals surface area contributed by atoms with Crippen LogP contribution in [-0.2, 0) is 0 Å². The average Bonchev–Trinajstić information content (AvgIpc) is 2.36. The Kier molecular flexibility index (Phi) is 3.69. The van der Waals surface area contributed by atoms with Gasteiger partial charge >= 0.3 is 0 Å². The van der Waals surface area contributed by atoms with Crippen LogP contribution in [0.1, 0.15) is 0 Å². The number of nitrogens with zero attached hydrogens (tertiary/aromatic N) is 1. The molecule has 0 spiro atoms. The van der Waals surface area contributed by atoms with E-state index >= 15 is 0 Å². The zero-order valence-electron chi connectivity index (χ0n) is 9.08. The molecule has 0 aliphatic carbocycles. The first-order valence-corrected chi connectivity index (χ1v) is 6.46. The molecular formula is C12H10Br2N2O. The summed E-state index contributed by atoms with van der Waals surface area (Å²) in [6.45, 7) is 0. The highest BCUT2D eigenvalue weighted by molar-refractivity contribution is 9.11. The maximum absolute atomic E-state index is 5.93. The Morgan fingerprint density at radius 2 is 2.06 bits per heavy atom. The molecule has 0 saturated heterocycles. The van der Waals surface area contributed by atoms with Gasteiger partial charge in [0, 0.05) is 11.8 Å². The van der Waals surface area contributed by atoms with Crippen molar-refractivity contribution in [2.75, 3.05) is 12.8 Å². The molecule has 0 aliphatic heterocycles. The highest BCUT2D eigenvalue weighted by atomic mass is 79.9. The third-order valence-electron chi connectivity index (χ3n) is 2.35. The minimum Gasteiger partial charge on any atom is -0.497 e. The number of aromatic nitrogens is 1. The van der Waals surface area contributed by atoms with E-state index in [1.165, 1.54) is 0 Å². The van der Waals surface area contributed by atoms with Gasteiger partial charge in [0.05, 0.1) is 27.4 Å². The van der Waals surface area contributed by atoms with Crippen molar-refractivity contribution in [1.29, 1.82) is 0 Å². The number of hydrogen-bond donors (Lipinski definition) is 1. The number of halogens is 2. The molecule has 0 atom stereocenters. The van der Waals surface area contributed by atoms with Crippen LogP contribution in [0, 0.1) is 0 Å². The summed E-state index contributed by atoms with van der Waals surface area (Å²) in [7, 11) is 1.64. The van der Waals surface area contributed by atoms with Gasteiger partial charge < -0.3 is 10.5 Å². The lowest BCUT2D eigenvalue weighted by Crippen LogP contribution is -1.94. The minimum absolute atomic E-state index is 0.637. The van der Waals surface area contributed by atoms with E-state index in [2.05, 4.69) is 36.8 Å². The Bertz CT molecular complexity index is 558. The molecule has 0 aliphatic rings. The molecule has 0 amide bonds. The van der Waals surface area contributed by atoms with Crippen LogP contribution in [0.4, 0.5) is 5.69 Å². The molecule has 17 heavy (non-hydrogen) atoms. The Morgan fingerprint density at radius 1 is 1.29 bits per heavy atom. The first kappa shape index (κ1) is 12.4. The van der Waals surface area contributed by atoms with Crippen LogP contribution in [-0.4, -0.2) is 12.1 Å². The monoisotopic (exact) mass is 356 g/mol. The SMILES string of the molecule is COc1cccc(-c2ncc(Br)c(N)c2Br)c1. The Morgan fingerprint density at radius 3 is 2.76 bits per heavy atom. The number of hydrogen-bond acceptors (Lipinski definition) is 3. The van der Waals surface area contributed by atoms with Crippen LogP contribution in [0.2, 0.25) is 0 Å². The summed E-state index contributed by atoms with van der Waals surface area (Å²) in [5.74, 6) is 0.790. The van der Waals surface area contributed by atoms with Gasteiger partial charge in [0.1, 0.15) is 5.75 Å². The van der Waals surface area contributed by atoms with Crippen LogP contribution in [0.15, 0.2) is 39.4 Å². The van der Waals surface area contributed by atoms with Crippen LogP contribution in [0.5, 0.6) is 5.75 Å². The van der Waals surface area contributed by atoms with E-state index < -0.39 is 0 Å². The van der Waals surface area contributed by atoms with Gasteiger partial charge in [-0.15, -0.1) is 0 Å². The number of ether oxygens (including phenoxy) is 1. The van der Waals surface area contributed by atoms with E-state index in [-0.39, 0.29) is 0 Å². The second-order valence-electron chi connectivity index (χ2n) is 3.41. The average molecular weight is 358 g/mol. The summed E-state index contributed by atoms with van der Waals surface area (Å²) in [6, 6.07) is 7.68. The number of rotatable bonds is 2. The molecule has 2 aromatic rings. The van der Waals surface area contributed by atoms with Gasteiger partial charge in [-0.05, 0) is 44.0 Å². The first-order valence-electron chi connectivity index (χ1n) is 4.87. The largest absolute Gasteiger partial charge is 0.497 e. The fraction of sp³-hybridized carbons (Fsp3) is 0.0833. The standard InChI is InChI=1S/C12H10Br2N2O/c1-17-8-4-2-3-7(5-8)12-10(14)11(15)9(13)6-16-12/h2-6H,1H3,(H2,15,16). The molecule has 0 radical (unpaired) electrons. The van der Waals surface area contributed by atoms with E-state index in [1.807, 2.05) is 24.3 Å². The van der Waals surface area contributed by atoms with Crippen molar-refractivity contribution in [3.8, 4) is 17.0 Å². The molecule has 88 valence electrons. The summed E-state index contributed by atoms with van der Waals surface area (Å²) in [4.78, 5) is 4.35. The predicted octanol–water partition coefficient (Wildman–Crippen LogP) is 3.86. The molecule has 1 heterocycles. The van der Waals surface area contributed by atoms with Gasteiger partial charge in [0.25, 0.3) is 0 Å². The first-order chi connectivity index (χ1) is 8.13. The minimum atomic E-state index is 0.637. The number of methoxy groups -OCH3 is 1. The third kappa shape index (κ3) is 2.45. The van der Waals surface area contributed by atoms with Crippen molar-refractivity contribution in [2.24, 2.45) is 0 Å². The van der Waals surface area contributed by atoms with E-state index in [0.29, 0.717) is 5.69 Å². The summed E-state index contributed by atoms with van der Waals surface area (Å²) < 4.78 is 6.74. The Hall–Kier alpha value is -1.07. The van der Waals surface area contributed by atoms with Gasteiger partial charge in [0.15, 0.2) is 0 Å². The topological polar surface area (TPSA) is 48.1 Å². The molecular weight excluding hydrogens is 348 g/mol. The fourth-order valence-corrected chi connectivity index (χ4v) is 2.56. The highest BCUT2D eigenvalue weighted by Gasteiger charge is 2.10. The van der Waals surface area contributed by atoms with Crippen molar-refractivity contribution in [3.05, 3.63) is 39.4 Å². The summed E-state index contributed by atoms with van der Waals surface area (Å²) in [5.41, 5.74) is 8.31. The third-order valence-corrected chi connectivity index (χ3v) is 3.79. The van der Waals surface area contributed by atoms with Crippen molar-refractivity contribution >= 4 is 37.5 Å². The molecule has 0 saturated carbocycles. The van der Waals surface area contributed by atoms with Gasteiger partial charge in [0.2, 0.25) is 0 Å². The number of benzene rings is 1. The molecule has 2 rings (SSSR count). The molecule has 0 bridgehead atoms. The molecule has 2 N–H and O–H groups in total. The van der Waals surface area contributed by atoms with Crippen LogP contribution in [0.25, 0.3) is 11.3 Å². The maximum Gasteiger partial charge on any atom is 0.119 e. The van der Waals surface area contributed by atoms with Crippen LogP contribution < -0.4 is 10.5 Å². The van der Waals surface area contributed by atoms with E-state index in [0.717, 1.165) is 26.0 Å². The molecule has 3 nitrogen and oxygen atoms in total. The Balaban J connectivity index is 2.56. The van der Waals surface area contributed by atoms with Gasteiger partial charge in [-0.1, -0.05) is 12.1 Å². The lowest BCUT2D eigenvalue weighted by Gasteiger charge is -2.09. The molecule has 1 aromatic heterocycles. The zero-order chi connectivity index (χ0) is 12.4.